The molecule has 154 valence electrons. The highest BCUT2D eigenvalue weighted by Gasteiger charge is 2.38. The zero-order chi connectivity index (χ0) is 20.3. The number of nitrogens with zero attached hydrogens (tertiary/aromatic N) is 2. The zero-order valence-corrected chi connectivity index (χ0v) is 17.6. The summed E-state index contributed by atoms with van der Waals surface area (Å²) in [5, 5.41) is 4.77. The minimum absolute atomic E-state index is 0.00586. The summed E-state index contributed by atoms with van der Waals surface area (Å²) in [5.74, 6) is -0.0227. The number of alkyl carbamates (subject to hydrolysis) is 1. The van der Waals surface area contributed by atoms with Crippen LogP contribution in [-0.4, -0.2) is 65.0 Å². The lowest BCUT2D eigenvalue weighted by Gasteiger charge is -2.35. The highest BCUT2D eigenvalue weighted by molar-refractivity contribution is 7.12. The first-order valence-corrected chi connectivity index (χ1v) is 10.8. The molecule has 8 heteroatoms. The second-order valence-corrected chi connectivity index (χ2v) is 9.33. The normalized spacial score (nSPS) is 20.9. The van der Waals surface area contributed by atoms with Gasteiger partial charge in [-0.1, -0.05) is 6.07 Å². The predicted molar refractivity (Wildman–Crippen MR) is 107 cm³/mol. The van der Waals surface area contributed by atoms with Gasteiger partial charge in [-0.25, -0.2) is 4.79 Å². The Morgan fingerprint density at radius 3 is 2.46 bits per heavy atom. The molecule has 0 aromatic carbocycles. The van der Waals surface area contributed by atoms with Crippen molar-refractivity contribution >= 4 is 29.2 Å². The van der Waals surface area contributed by atoms with Crippen LogP contribution in [0.4, 0.5) is 4.79 Å². The molecule has 2 fully saturated rings. The van der Waals surface area contributed by atoms with Gasteiger partial charge in [-0.05, 0) is 57.9 Å². The van der Waals surface area contributed by atoms with Crippen LogP contribution in [0.25, 0.3) is 0 Å². The number of amides is 3. The molecular formula is C20H29N3O4S. The lowest BCUT2D eigenvalue weighted by atomic mass is 10.0. The van der Waals surface area contributed by atoms with E-state index in [0.29, 0.717) is 43.8 Å². The summed E-state index contributed by atoms with van der Waals surface area (Å²) in [4.78, 5) is 41.9. The van der Waals surface area contributed by atoms with Crippen molar-refractivity contribution in [2.45, 2.75) is 64.1 Å². The van der Waals surface area contributed by atoms with Crippen molar-refractivity contribution in [1.82, 2.24) is 15.1 Å². The van der Waals surface area contributed by atoms with E-state index in [-0.39, 0.29) is 23.9 Å². The molecule has 0 unspecified atom stereocenters. The summed E-state index contributed by atoms with van der Waals surface area (Å²) in [6, 6.07) is 3.30. The van der Waals surface area contributed by atoms with Gasteiger partial charge in [0.2, 0.25) is 5.91 Å². The van der Waals surface area contributed by atoms with E-state index in [1.54, 1.807) is 11.0 Å². The second kappa shape index (κ2) is 8.51. The van der Waals surface area contributed by atoms with Crippen molar-refractivity contribution in [2.75, 3.05) is 19.6 Å². The van der Waals surface area contributed by atoms with Crippen LogP contribution >= 0.6 is 11.3 Å². The van der Waals surface area contributed by atoms with Crippen molar-refractivity contribution in [3.8, 4) is 0 Å². The van der Waals surface area contributed by atoms with Gasteiger partial charge in [0, 0.05) is 25.7 Å². The number of hydrogen-bond donors (Lipinski definition) is 1. The van der Waals surface area contributed by atoms with E-state index in [0.717, 1.165) is 6.42 Å². The van der Waals surface area contributed by atoms with E-state index < -0.39 is 11.7 Å². The van der Waals surface area contributed by atoms with Gasteiger partial charge >= 0.3 is 6.09 Å². The summed E-state index contributed by atoms with van der Waals surface area (Å²) in [6.45, 7) is 7.29. The molecule has 0 spiro atoms. The molecule has 1 aromatic rings. The molecule has 0 bridgehead atoms. The van der Waals surface area contributed by atoms with E-state index in [4.69, 9.17) is 4.74 Å². The first-order valence-electron chi connectivity index (χ1n) is 9.87. The number of likely N-dealkylation sites (tertiary alicyclic amines) is 2. The fourth-order valence-electron chi connectivity index (χ4n) is 3.74. The quantitative estimate of drug-likeness (QED) is 0.836. The SMILES string of the molecule is CC(C)(C)OC(=O)NC1CCN(C(=O)[C@@H]2CCCN2C(=O)c2cccs2)CC1. The largest absolute Gasteiger partial charge is 0.444 e. The smallest absolute Gasteiger partial charge is 0.407 e. The van der Waals surface area contributed by atoms with E-state index in [1.165, 1.54) is 11.3 Å². The van der Waals surface area contributed by atoms with Crippen LogP contribution in [0.5, 0.6) is 0 Å². The van der Waals surface area contributed by atoms with Gasteiger partial charge in [-0.2, -0.15) is 0 Å². The lowest BCUT2D eigenvalue weighted by Crippen LogP contribution is -2.52. The van der Waals surface area contributed by atoms with Gasteiger partial charge in [0.25, 0.3) is 5.91 Å². The van der Waals surface area contributed by atoms with Gasteiger partial charge < -0.3 is 19.9 Å². The summed E-state index contributed by atoms with van der Waals surface area (Å²) in [6.07, 6.45) is 2.53. The number of carbonyl (C=O) groups excluding carboxylic acids is 3. The van der Waals surface area contributed by atoms with Crippen molar-refractivity contribution < 1.29 is 19.1 Å². The Bertz CT molecular complexity index is 706. The van der Waals surface area contributed by atoms with Gasteiger partial charge in [0.15, 0.2) is 0 Å². The molecule has 3 heterocycles. The van der Waals surface area contributed by atoms with E-state index in [1.807, 2.05) is 37.1 Å². The second-order valence-electron chi connectivity index (χ2n) is 8.38. The lowest BCUT2D eigenvalue weighted by molar-refractivity contribution is -0.136. The van der Waals surface area contributed by atoms with Crippen LogP contribution < -0.4 is 5.32 Å². The van der Waals surface area contributed by atoms with Gasteiger partial charge in [0.05, 0.1) is 4.88 Å². The molecule has 1 N–H and O–H groups in total. The number of nitrogens with one attached hydrogen (secondary N) is 1. The van der Waals surface area contributed by atoms with Crippen LogP contribution in [-0.2, 0) is 9.53 Å². The van der Waals surface area contributed by atoms with Crippen LogP contribution in [0.1, 0.15) is 56.1 Å². The first kappa shape index (κ1) is 20.6. The van der Waals surface area contributed by atoms with Crippen molar-refractivity contribution in [1.29, 1.82) is 0 Å². The molecule has 3 rings (SSSR count). The summed E-state index contributed by atoms with van der Waals surface area (Å²) < 4.78 is 5.30. The first-order chi connectivity index (χ1) is 13.2. The average Bonchev–Trinajstić information content (AvgIpc) is 3.31. The number of rotatable bonds is 3. The number of piperidine rings is 1. The summed E-state index contributed by atoms with van der Waals surface area (Å²) in [5.41, 5.74) is -0.526. The van der Waals surface area contributed by atoms with Gasteiger partial charge in [-0.3, -0.25) is 9.59 Å². The Hall–Kier alpha value is -2.09. The van der Waals surface area contributed by atoms with Crippen molar-refractivity contribution in [3.63, 3.8) is 0 Å². The van der Waals surface area contributed by atoms with Crippen LogP contribution in [0.3, 0.4) is 0 Å². The molecule has 1 aromatic heterocycles. The number of carbonyl (C=O) groups is 3. The van der Waals surface area contributed by atoms with Crippen LogP contribution in [0.2, 0.25) is 0 Å². The van der Waals surface area contributed by atoms with Gasteiger partial charge in [-0.15, -0.1) is 11.3 Å². The molecule has 7 nitrogen and oxygen atoms in total. The maximum absolute atomic E-state index is 13.0. The molecule has 2 saturated heterocycles. The third kappa shape index (κ3) is 5.04. The molecule has 2 aliphatic rings. The molecule has 28 heavy (non-hydrogen) atoms. The van der Waals surface area contributed by atoms with E-state index >= 15 is 0 Å². The molecule has 1 atom stereocenters. The Labute approximate surface area is 170 Å². The van der Waals surface area contributed by atoms with Crippen LogP contribution in [0.15, 0.2) is 17.5 Å². The van der Waals surface area contributed by atoms with Crippen molar-refractivity contribution in [3.05, 3.63) is 22.4 Å². The molecule has 2 aliphatic heterocycles. The minimum atomic E-state index is -0.526. The Balaban J connectivity index is 1.52. The number of hydrogen-bond acceptors (Lipinski definition) is 5. The average molecular weight is 408 g/mol. The predicted octanol–water partition coefficient (Wildman–Crippen LogP) is 2.87. The van der Waals surface area contributed by atoms with Crippen LogP contribution in [0, 0.1) is 0 Å². The highest BCUT2D eigenvalue weighted by Crippen LogP contribution is 2.25. The Morgan fingerprint density at radius 1 is 1.14 bits per heavy atom. The highest BCUT2D eigenvalue weighted by atomic mass is 32.1. The molecular weight excluding hydrogens is 378 g/mol. The number of ether oxygens (including phenoxy) is 1. The topological polar surface area (TPSA) is 79.0 Å². The maximum atomic E-state index is 13.0. The summed E-state index contributed by atoms with van der Waals surface area (Å²) >= 11 is 1.41. The molecule has 3 amide bonds. The van der Waals surface area contributed by atoms with Gasteiger partial charge in [0.1, 0.15) is 11.6 Å². The Kier molecular flexibility index (Phi) is 6.27. The Morgan fingerprint density at radius 2 is 1.86 bits per heavy atom. The fourth-order valence-corrected chi connectivity index (χ4v) is 4.42. The van der Waals surface area contributed by atoms with E-state index in [9.17, 15) is 14.4 Å². The molecule has 0 saturated carbocycles. The fraction of sp³-hybridized carbons (Fsp3) is 0.650. The van der Waals surface area contributed by atoms with Crippen molar-refractivity contribution in [2.24, 2.45) is 0 Å². The monoisotopic (exact) mass is 407 g/mol. The summed E-state index contributed by atoms with van der Waals surface area (Å²) in [7, 11) is 0. The maximum Gasteiger partial charge on any atom is 0.407 e. The molecule has 0 aliphatic carbocycles. The molecule has 0 radical (unpaired) electrons. The minimum Gasteiger partial charge on any atom is -0.444 e. The standard InChI is InChI=1S/C20H29N3O4S/c1-20(2,3)27-19(26)21-14-8-11-22(12-9-14)17(24)15-6-4-10-23(15)18(25)16-7-5-13-28-16/h5,7,13-15H,4,6,8-12H2,1-3H3,(H,21,26)/t15-/m0/s1. The third-order valence-corrected chi connectivity index (χ3v) is 5.92. The van der Waals surface area contributed by atoms with E-state index in [2.05, 4.69) is 5.32 Å². The third-order valence-electron chi connectivity index (χ3n) is 5.06. The zero-order valence-electron chi connectivity index (χ0n) is 16.8. The number of thiophene rings is 1.